The molecule has 2 unspecified atom stereocenters. The minimum atomic E-state index is -0.0287. The Labute approximate surface area is 173 Å². The van der Waals surface area contributed by atoms with E-state index in [-0.39, 0.29) is 16.7 Å². The molecule has 1 saturated carbocycles. The van der Waals surface area contributed by atoms with E-state index in [1.165, 1.54) is 9.58 Å². The Morgan fingerprint density at radius 1 is 1.36 bits per heavy atom. The fourth-order valence-corrected chi connectivity index (χ4v) is 5.31. The van der Waals surface area contributed by atoms with Gasteiger partial charge in [0.2, 0.25) is 0 Å². The highest BCUT2D eigenvalue weighted by Crippen LogP contribution is 2.38. The third-order valence-corrected chi connectivity index (χ3v) is 7.58. The van der Waals surface area contributed by atoms with E-state index < -0.39 is 0 Å². The van der Waals surface area contributed by atoms with Crippen molar-refractivity contribution >= 4 is 33.0 Å². The maximum absolute atomic E-state index is 8.67. The Morgan fingerprint density at radius 3 is 2.61 bits per heavy atom. The lowest BCUT2D eigenvalue weighted by Gasteiger charge is -2.35. The van der Waals surface area contributed by atoms with Crippen molar-refractivity contribution in [3.63, 3.8) is 0 Å². The van der Waals surface area contributed by atoms with Crippen molar-refractivity contribution in [2.45, 2.75) is 73.4 Å². The smallest absolute Gasteiger partial charge is 0.0635 e. The first-order valence-corrected chi connectivity index (χ1v) is 11.2. The molecular formula is C23H36N4S. The lowest BCUT2D eigenvalue weighted by atomic mass is 9.70. The molecule has 0 aliphatic heterocycles. The molecule has 28 heavy (non-hydrogen) atoms. The molecule has 2 atom stereocenters. The Hall–Kier alpha value is -1.46. The molecule has 0 radical (unpaired) electrons. The molecule has 0 aromatic carbocycles. The Morgan fingerprint density at radius 2 is 2.04 bits per heavy atom. The van der Waals surface area contributed by atoms with Gasteiger partial charge in [-0.05, 0) is 56.2 Å². The third-order valence-electron chi connectivity index (χ3n) is 6.51. The molecule has 0 spiro atoms. The van der Waals surface area contributed by atoms with Crippen LogP contribution in [0.5, 0.6) is 0 Å². The van der Waals surface area contributed by atoms with E-state index in [2.05, 4.69) is 70.6 Å². The summed E-state index contributed by atoms with van der Waals surface area (Å²) in [6, 6.07) is 4.85. The SMILES string of the molecule is CC(N(C)Cc1cc2[nH]c(C(=N)C3CCC(C)(C)CC3=N)cc2s1)C(C)(C)C. The number of hydrogen-bond donors (Lipinski definition) is 3. The molecule has 0 bridgehead atoms. The van der Waals surface area contributed by atoms with E-state index in [4.69, 9.17) is 10.8 Å². The summed E-state index contributed by atoms with van der Waals surface area (Å²) in [5, 5.41) is 17.1. The zero-order chi connectivity index (χ0) is 20.9. The molecule has 2 aromatic heterocycles. The maximum atomic E-state index is 8.67. The summed E-state index contributed by atoms with van der Waals surface area (Å²) in [6.07, 6.45) is 2.80. The summed E-state index contributed by atoms with van der Waals surface area (Å²) in [5.74, 6) is -0.0287. The molecule has 0 saturated heterocycles. The van der Waals surface area contributed by atoms with Crippen LogP contribution in [0.1, 0.15) is 71.4 Å². The van der Waals surface area contributed by atoms with Crippen molar-refractivity contribution in [1.29, 1.82) is 10.8 Å². The van der Waals surface area contributed by atoms with Crippen molar-refractivity contribution in [2.75, 3.05) is 7.05 Å². The zero-order valence-corrected chi connectivity index (χ0v) is 19.3. The maximum Gasteiger partial charge on any atom is 0.0635 e. The number of rotatable bonds is 5. The molecule has 4 nitrogen and oxygen atoms in total. The molecule has 3 N–H and O–H groups in total. The first-order chi connectivity index (χ1) is 12.9. The normalized spacial score (nSPS) is 21.4. The van der Waals surface area contributed by atoms with Crippen LogP contribution in [-0.4, -0.2) is 34.4 Å². The second-order valence-electron chi connectivity index (χ2n) is 10.5. The number of fused-ring (bicyclic) bond motifs is 1. The van der Waals surface area contributed by atoms with Gasteiger partial charge in [0.25, 0.3) is 0 Å². The van der Waals surface area contributed by atoms with Crippen molar-refractivity contribution in [3.05, 3.63) is 22.7 Å². The van der Waals surface area contributed by atoms with Crippen LogP contribution in [0.25, 0.3) is 10.2 Å². The van der Waals surface area contributed by atoms with Crippen LogP contribution in [-0.2, 0) is 6.54 Å². The van der Waals surface area contributed by atoms with Crippen molar-refractivity contribution < 1.29 is 0 Å². The predicted octanol–water partition coefficient (Wildman–Crippen LogP) is 6.31. The second-order valence-corrected chi connectivity index (χ2v) is 11.7. The van der Waals surface area contributed by atoms with E-state index in [1.54, 1.807) is 0 Å². The summed E-state index contributed by atoms with van der Waals surface area (Å²) in [6.45, 7) is 14.5. The summed E-state index contributed by atoms with van der Waals surface area (Å²) in [4.78, 5) is 7.23. The number of aromatic amines is 1. The lowest BCUT2D eigenvalue weighted by Crippen LogP contribution is -2.38. The molecular weight excluding hydrogens is 364 g/mol. The van der Waals surface area contributed by atoms with Crippen LogP contribution < -0.4 is 0 Å². The molecule has 1 fully saturated rings. The Kier molecular flexibility index (Phi) is 5.63. The largest absolute Gasteiger partial charge is 0.353 e. The molecule has 5 heteroatoms. The van der Waals surface area contributed by atoms with Gasteiger partial charge >= 0.3 is 0 Å². The van der Waals surface area contributed by atoms with Gasteiger partial charge in [-0.15, -0.1) is 11.3 Å². The lowest BCUT2D eigenvalue weighted by molar-refractivity contribution is 0.136. The van der Waals surface area contributed by atoms with Crippen LogP contribution in [0.4, 0.5) is 0 Å². The predicted molar refractivity (Wildman–Crippen MR) is 122 cm³/mol. The Bertz CT molecular complexity index is 849. The fourth-order valence-electron chi connectivity index (χ4n) is 4.18. The topological polar surface area (TPSA) is 66.7 Å². The van der Waals surface area contributed by atoms with E-state index in [0.29, 0.717) is 11.8 Å². The highest BCUT2D eigenvalue weighted by molar-refractivity contribution is 7.19. The van der Waals surface area contributed by atoms with Gasteiger partial charge in [-0.25, -0.2) is 0 Å². The van der Waals surface area contributed by atoms with Crippen LogP contribution in [0.3, 0.4) is 0 Å². The quantitative estimate of drug-likeness (QED) is 0.506. The number of hydrogen-bond acceptors (Lipinski definition) is 4. The summed E-state index contributed by atoms with van der Waals surface area (Å²) >= 11 is 1.82. The molecule has 1 aliphatic rings. The van der Waals surface area contributed by atoms with Crippen molar-refractivity contribution in [2.24, 2.45) is 16.7 Å². The minimum absolute atomic E-state index is 0.0287. The number of thiophene rings is 1. The number of H-pyrrole nitrogens is 1. The molecule has 0 amide bonds. The van der Waals surface area contributed by atoms with E-state index >= 15 is 0 Å². The van der Waals surface area contributed by atoms with Gasteiger partial charge < -0.3 is 15.8 Å². The average Bonchev–Trinajstić information content (AvgIpc) is 3.10. The summed E-state index contributed by atoms with van der Waals surface area (Å²) in [5.41, 5.74) is 3.78. The number of nitrogens with one attached hydrogen (secondary N) is 3. The molecule has 1 aliphatic carbocycles. The zero-order valence-electron chi connectivity index (χ0n) is 18.5. The minimum Gasteiger partial charge on any atom is -0.353 e. The van der Waals surface area contributed by atoms with Crippen LogP contribution in [0.15, 0.2) is 12.1 Å². The molecule has 2 heterocycles. The van der Waals surface area contributed by atoms with Crippen LogP contribution in [0.2, 0.25) is 0 Å². The van der Waals surface area contributed by atoms with Gasteiger partial charge in [-0.2, -0.15) is 0 Å². The van der Waals surface area contributed by atoms with Gasteiger partial charge in [-0.3, -0.25) is 4.90 Å². The highest BCUT2D eigenvalue weighted by Gasteiger charge is 2.34. The molecule has 154 valence electrons. The van der Waals surface area contributed by atoms with E-state index in [9.17, 15) is 0 Å². The summed E-state index contributed by atoms with van der Waals surface area (Å²) < 4.78 is 1.22. The standard InChI is InChI=1S/C23H36N4S/c1-14(22(2,3)4)27(7)13-15-10-18-20(28-15)11-19(26-18)21(25)16-8-9-23(5,6)12-17(16)24/h10-11,14,16,24-26H,8-9,12-13H2,1-7H3. The fraction of sp³-hybridized carbons (Fsp3) is 0.652. The first-order valence-electron chi connectivity index (χ1n) is 10.4. The van der Waals surface area contributed by atoms with Gasteiger partial charge in [0, 0.05) is 29.1 Å². The second kappa shape index (κ2) is 7.42. The highest BCUT2D eigenvalue weighted by atomic mass is 32.1. The van der Waals surface area contributed by atoms with Crippen LogP contribution >= 0.6 is 11.3 Å². The first kappa shape index (κ1) is 21.3. The van der Waals surface area contributed by atoms with Gasteiger partial charge in [-0.1, -0.05) is 34.6 Å². The Balaban J connectivity index is 1.72. The summed E-state index contributed by atoms with van der Waals surface area (Å²) in [7, 11) is 2.20. The van der Waals surface area contributed by atoms with E-state index in [1.807, 2.05) is 11.3 Å². The average molecular weight is 401 g/mol. The molecule has 3 rings (SSSR count). The van der Waals surface area contributed by atoms with E-state index in [0.717, 1.165) is 42.7 Å². The van der Waals surface area contributed by atoms with Crippen LogP contribution in [0, 0.1) is 27.6 Å². The van der Waals surface area contributed by atoms with Crippen molar-refractivity contribution in [1.82, 2.24) is 9.88 Å². The molecule has 2 aromatic rings. The number of aromatic nitrogens is 1. The monoisotopic (exact) mass is 400 g/mol. The van der Waals surface area contributed by atoms with Gasteiger partial charge in [0.15, 0.2) is 0 Å². The number of nitrogens with zero attached hydrogens (tertiary/aromatic N) is 1. The van der Waals surface area contributed by atoms with Gasteiger partial charge in [0.1, 0.15) is 0 Å². The van der Waals surface area contributed by atoms with Crippen molar-refractivity contribution in [3.8, 4) is 0 Å². The third kappa shape index (κ3) is 4.41. The van der Waals surface area contributed by atoms with Gasteiger partial charge in [0.05, 0.1) is 21.6 Å².